The SMILES string of the molecule is CCN(C(=O)c1sc2cccc(Cl)c2c1N)C1CC1. The molecule has 19 heavy (non-hydrogen) atoms. The fourth-order valence-electron chi connectivity index (χ4n) is 2.37. The summed E-state index contributed by atoms with van der Waals surface area (Å²) in [6.07, 6.45) is 2.20. The van der Waals surface area contributed by atoms with E-state index < -0.39 is 0 Å². The average Bonchev–Trinajstić information content (AvgIpc) is 3.15. The Kier molecular flexibility index (Phi) is 3.15. The maximum absolute atomic E-state index is 12.6. The van der Waals surface area contributed by atoms with Crippen LogP contribution < -0.4 is 5.73 Å². The van der Waals surface area contributed by atoms with Gasteiger partial charge in [-0.3, -0.25) is 4.79 Å². The quantitative estimate of drug-likeness (QED) is 0.937. The highest BCUT2D eigenvalue weighted by atomic mass is 35.5. The number of rotatable bonds is 3. The first kappa shape index (κ1) is 12.8. The molecule has 1 fully saturated rings. The summed E-state index contributed by atoms with van der Waals surface area (Å²) in [6.45, 7) is 2.73. The van der Waals surface area contributed by atoms with Gasteiger partial charge in [-0.25, -0.2) is 0 Å². The predicted molar refractivity (Wildman–Crippen MR) is 81.0 cm³/mol. The summed E-state index contributed by atoms with van der Waals surface area (Å²) in [5, 5.41) is 1.42. The van der Waals surface area contributed by atoms with Crippen molar-refractivity contribution < 1.29 is 4.79 Å². The van der Waals surface area contributed by atoms with E-state index in [0.29, 0.717) is 21.6 Å². The van der Waals surface area contributed by atoms with Gasteiger partial charge in [-0.15, -0.1) is 11.3 Å². The molecule has 1 saturated carbocycles. The lowest BCUT2D eigenvalue weighted by Crippen LogP contribution is -2.32. The van der Waals surface area contributed by atoms with Gasteiger partial charge in [-0.2, -0.15) is 0 Å². The van der Waals surface area contributed by atoms with Crippen molar-refractivity contribution in [3.63, 3.8) is 0 Å². The summed E-state index contributed by atoms with van der Waals surface area (Å²) in [5.41, 5.74) is 6.66. The molecule has 0 bridgehead atoms. The fourth-order valence-corrected chi connectivity index (χ4v) is 3.81. The molecule has 2 aromatic rings. The highest BCUT2D eigenvalue weighted by Gasteiger charge is 2.33. The zero-order valence-electron chi connectivity index (χ0n) is 10.6. The van der Waals surface area contributed by atoms with Crippen molar-refractivity contribution in [3.8, 4) is 0 Å². The molecule has 0 unspecified atom stereocenters. The highest BCUT2D eigenvalue weighted by Crippen LogP contribution is 2.39. The van der Waals surface area contributed by atoms with Crippen molar-refractivity contribution in [1.29, 1.82) is 0 Å². The number of hydrogen-bond acceptors (Lipinski definition) is 3. The molecule has 0 aliphatic heterocycles. The van der Waals surface area contributed by atoms with Crippen LogP contribution in [-0.2, 0) is 0 Å². The molecule has 0 radical (unpaired) electrons. The number of nitrogens with two attached hydrogens (primary N) is 1. The van der Waals surface area contributed by atoms with E-state index in [0.717, 1.165) is 29.5 Å². The summed E-state index contributed by atoms with van der Waals surface area (Å²) in [5.74, 6) is 0.0415. The van der Waals surface area contributed by atoms with Gasteiger partial charge < -0.3 is 10.6 Å². The third-order valence-electron chi connectivity index (χ3n) is 3.48. The van der Waals surface area contributed by atoms with Crippen molar-refractivity contribution in [2.75, 3.05) is 12.3 Å². The maximum atomic E-state index is 12.6. The molecule has 1 aromatic carbocycles. The number of anilines is 1. The second-order valence-electron chi connectivity index (χ2n) is 4.78. The van der Waals surface area contributed by atoms with Crippen molar-refractivity contribution >= 4 is 44.6 Å². The van der Waals surface area contributed by atoms with Gasteiger partial charge in [-0.05, 0) is 31.9 Å². The van der Waals surface area contributed by atoms with Crippen LogP contribution in [0.3, 0.4) is 0 Å². The van der Waals surface area contributed by atoms with Gasteiger partial charge in [0.2, 0.25) is 0 Å². The molecule has 0 atom stereocenters. The first-order chi connectivity index (χ1) is 9.13. The van der Waals surface area contributed by atoms with Gasteiger partial charge in [0, 0.05) is 22.7 Å². The Morgan fingerprint density at radius 2 is 2.26 bits per heavy atom. The van der Waals surface area contributed by atoms with Crippen LogP contribution in [0, 0.1) is 0 Å². The van der Waals surface area contributed by atoms with Gasteiger partial charge in [-0.1, -0.05) is 17.7 Å². The minimum atomic E-state index is 0.0415. The van der Waals surface area contributed by atoms with E-state index in [1.165, 1.54) is 11.3 Å². The molecular weight excluding hydrogens is 280 g/mol. The van der Waals surface area contributed by atoms with Crippen molar-refractivity contribution in [1.82, 2.24) is 4.90 Å². The molecule has 5 heteroatoms. The predicted octanol–water partition coefficient (Wildman–Crippen LogP) is 3.76. The summed E-state index contributed by atoms with van der Waals surface area (Å²) in [4.78, 5) is 15.1. The van der Waals surface area contributed by atoms with E-state index in [2.05, 4.69) is 0 Å². The minimum Gasteiger partial charge on any atom is -0.397 e. The van der Waals surface area contributed by atoms with E-state index in [1.54, 1.807) is 6.07 Å². The van der Waals surface area contributed by atoms with Crippen molar-refractivity contribution in [2.24, 2.45) is 0 Å². The molecular formula is C14H15ClN2OS. The van der Waals surface area contributed by atoms with Gasteiger partial charge >= 0.3 is 0 Å². The number of carbonyl (C=O) groups is 1. The van der Waals surface area contributed by atoms with Gasteiger partial charge in [0.05, 0.1) is 10.7 Å². The van der Waals surface area contributed by atoms with Crippen LogP contribution >= 0.6 is 22.9 Å². The number of nitrogens with zero attached hydrogens (tertiary/aromatic N) is 1. The van der Waals surface area contributed by atoms with Crippen LogP contribution in [0.25, 0.3) is 10.1 Å². The van der Waals surface area contributed by atoms with E-state index >= 15 is 0 Å². The molecule has 1 heterocycles. The van der Waals surface area contributed by atoms with Crippen LogP contribution in [0.1, 0.15) is 29.4 Å². The number of hydrogen-bond donors (Lipinski definition) is 1. The summed E-state index contributed by atoms with van der Waals surface area (Å²) in [7, 11) is 0. The number of fused-ring (bicyclic) bond motifs is 1. The first-order valence-corrected chi connectivity index (χ1v) is 7.60. The summed E-state index contributed by atoms with van der Waals surface area (Å²) >= 11 is 7.60. The Labute approximate surface area is 121 Å². The molecule has 0 saturated heterocycles. The number of benzene rings is 1. The molecule has 3 rings (SSSR count). The Morgan fingerprint density at radius 1 is 1.53 bits per heavy atom. The van der Waals surface area contributed by atoms with E-state index in [1.807, 2.05) is 24.0 Å². The fraction of sp³-hybridized carbons (Fsp3) is 0.357. The topological polar surface area (TPSA) is 46.3 Å². The average molecular weight is 295 g/mol. The van der Waals surface area contributed by atoms with Gasteiger partial charge in [0.15, 0.2) is 0 Å². The molecule has 1 amide bonds. The third-order valence-corrected chi connectivity index (χ3v) is 4.96. The molecule has 1 aliphatic carbocycles. The van der Waals surface area contributed by atoms with Crippen molar-refractivity contribution in [2.45, 2.75) is 25.8 Å². The van der Waals surface area contributed by atoms with Crippen molar-refractivity contribution in [3.05, 3.63) is 28.1 Å². The lowest BCUT2D eigenvalue weighted by Gasteiger charge is -2.19. The lowest BCUT2D eigenvalue weighted by atomic mass is 10.2. The second-order valence-corrected chi connectivity index (χ2v) is 6.24. The lowest BCUT2D eigenvalue weighted by molar-refractivity contribution is 0.0758. The summed E-state index contributed by atoms with van der Waals surface area (Å²) in [6, 6.07) is 6.04. The van der Waals surface area contributed by atoms with Gasteiger partial charge in [0.25, 0.3) is 5.91 Å². The number of amides is 1. The molecule has 1 aromatic heterocycles. The number of halogens is 1. The second kappa shape index (κ2) is 4.69. The molecule has 100 valence electrons. The van der Waals surface area contributed by atoms with Crippen LogP contribution in [0.2, 0.25) is 5.02 Å². The van der Waals surface area contributed by atoms with Crippen LogP contribution in [0.4, 0.5) is 5.69 Å². The standard InChI is InChI=1S/C14H15ClN2OS/c1-2-17(8-6-7-8)14(18)13-12(16)11-9(15)4-3-5-10(11)19-13/h3-5,8H,2,6-7,16H2,1H3. The number of carbonyl (C=O) groups excluding carboxylic acids is 1. The number of nitrogen functional groups attached to an aromatic ring is 1. The zero-order valence-corrected chi connectivity index (χ0v) is 12.2. The Morgan fingerprint density at radius 3 is 2.84 bits per heavy atom. The first-order valence-electron chi connectivity index (χ1n) is 6.41. The largest absolute Gasteiger partial charge is 0.397 e. The van der Waals surface area contributed by atoms with Gasteiger partial charge in [0.1, 0.15) is 4.88 Å². The monoisotopic (exact) mass is 294 g/mol. The molecule has 0 spiro atoms. The summed E-state index contributed by atoms with van der Waals surface area (Å²) < 4.78 is 0.972. The normalized spacial score (nSPS) is 14.8. The zero-order chi connectivity index (χ0) is 13.6. The highest BCUT2D eigenvalue weighted by molar-refractivity contribution is 7.21. The van der Waals surface area contributed by atoms with E-state index in [-0.39, 0.29) is 5.91 Å². The third kappa shape index (κ3) is 2.09. The Bertz CT molecular complexity index is 648. The van der Waals surface area contributed by atoms with E-state index in [9.17, 15) is 4.79 Å². The van der Waals surface area contributed by atoms with Crippen LogP contribution in [-0.4, -0.2) is 23.4 Å². The number of thiophene rings is 1. The molecule has 3 nitrogen and oxygen atoms in total. The Balaban J connectivity index is 2.07. The van der Waals surface area contributed by atoms with E-state index in [4.69, 9.17) is 17.3 Å². The molecule has 2 N–H and O–H groups in total. The smallest absolute Gasteiger partial charge is 0.266 e. The Hall–Kier alpha value is -1.26. The minimum absolute atomic E-state index is 0.0415. The maximum Gasteiger partial charge on any atom is 0.266 e. The van der Waals surface area contributed by atoms with Crippen LogP contribution in [0.5, 0.6) is 0 Å². The molecule has 1 aliphatic rings. The van der Waals surface area contributed by atoms with Crippen LogP contribution in [0.15, 0.2) is 18.2 Å².